The van der Waals surface area contributed by atoms with Gasteiger partial charge >= 0.3 is 0 Å². The molecule has 5 nitrogen and oxygen atoms in total. The summed E-state index contributed by atoms with van der Waals surface area (Å²) in [6.45, 7) is 4.98. The minimum absolute atomic E-state index is 0.340. The summed E-state index contributed by atoms with van der Waals surface area (Å²) in [5.74, 6) is 0.340. The van der Waals surface area contributed by atoms with Gasteiger partial charge in [-0.15, -0.1) is 32.9 Å². The molecule has 114 valence electrons. The lowest BCUT2D eigenvalue weighted by molar-refractivity contribution is 0.319. The highest BCUT2D eigenvalue weighted by Crippen LogP contribution is 2.33. The second-order valence-corrected chi connectivity index (χ2v) is 9.87. The SMILES string of the molecule is Cc1ccc(S(=O)(=O)N2CCC(c3nnc(C)s3)CC2)s1. The Morgan fingerprint density at radius 3 is 2.38 bits per heavy atom. The van der Waals surface area contributed by atoms with Crippen LogP contribution in [0.3, 0.4) is 0 Å². The van der Waals surface area contributed by atoms with Crippen LogP contribution in [0.2, 0.25) is 0 Å². The fourth-order valence-corrected chi connectivity index (χ4v) is 6.27. The monoisotopic (exact) mass is 343 g/mol. The number of piperidine rings is 1. The van der Waals surface area contributed by atoms with Gasteiger partial charge < -0.3 is 0 Å². The first kappa shape index (κ1) is 15.1. The first-order chi connectivity index (χ1) is 9.96. The number of hydrogen-bond acceptors (Lipinski definition) is 6. The molecule has 0 N–H and O–H groups in total. The Bertz CT molecular complexity index is 727. The molecule has 1 aliphatic rings. The Hall–Kier alpha value is -0.830. The maximum absolute atomic E-state index is 12.6. The van der Waals surface area contributed by atoms with Crippen molar-refractivity contribution in [3.8, 4) is 0 Å². The molecule has 1 saturated heterocycles. The number of hydrogen-bond donors (Lipinski definition) is 0. The molecule has 0 spiro atoms. The molecule has 0 atom stereocenters. The van der Waals surface area contributed by atoms with Crippen LogP contribution in [0.5, 0.6) is 0 Å². The number of aryl methyl sites for hydroxylation is 2. The minimum Gasteiger partial charge on any atom is -0.206 e. The fourth-order valence-electron chi connectivity index (χ4n) is 2.50. The predicted molar refractivity (Wildman–Crippen MR) is 84.4 cm³/mol. The first-order valence-electron chi connectivity index (χ1n) is 6.83. The molecule has 0 unspecified atom stereocenters. The van der Waals surface area contributed by atoms with Crippen LogP contribution in [0.15, 0.2) is 16.3 Å². The zero-order valence-corrected chi connectivity index (χ0v) is 14.4. The van der Waals surface area contributed by atoms with Crippen molar-refractivity contribution in [2.45, 2.75) is 36.8 Å². The van der Waals surface area contributed by atoms with Gasteiger partial charge in [0.1, 0.15) is 14.2 Å². The van der Waals surface area contributed by atoms with Crippen molar-refractivity contribution < 1.29 is 8.42 Å². The van der Waals surface area contributed by atoms with Crippen LogP contribution in [0.4, 0.5) is 0 Å². The molecular formula is C13H17N3O2S3. The third-order valence-corrected chi connectivity index (χ3v) is 8.02. The lowest BCUT2D eigenvalue weighted by Gasteiger charge is -2.29. The van der Waals surface area contributed by atoms with Crippen LogP contribution in [0.25, 0.3) is 0 Å². The van der Waals surface area contributed by atoms with Crippen LogP contribution in [0, 0.1) is 13.8 Å². The van der Waals surface area contributed by atoms with Crippen molar-refractivity contribution in [1.29, 1.82) is 0 Å². The molecule has 2 aromatic heterocycles. The third kappa shape index (κ3) is 3.03. The van der Waals surface area contributed by atoms with Crippen LogP contribution >= 0.6 is 22.7 Å². The molecule has 3 rings (SSSR count). The van der Waals surface area contributed by atoms with Crippen molar-refractivity contribution in [3.05, 3.63) is 27.0 Å². The number of sulfonamides is 1. The fraction of sp³-hybridized carbons (Fsp3) is 0.538. The summed E-state index contributed by atoms with van der Waals surface area (Å²) in [4.78, 5) is 1.02. The van der Waals surface area contributed by atoms with Gasteiger partial charge in [-0.3, -0.25) is 0 Å². The van der Waals surface area contributed by atoms with Gasteiger partial charge in [0, 0.05) is 23.9 Å². The summed E-state index contributed by atoms with van der Waals surface area (Å²) in [5, 5.41) is 10.2. The maximum Gasteiger partial charge on any atom is 0.252 e. The van der Waals surface area contributed by atoms with E-state index < -0.39 is 10.0 Å². The molecule has 8 heteroatoms. The molecule has 1 fully saturated rings. The Labute approximate surface area is 132 Å². The Kier molecular flexibility index (Phi) is 4.13. The Morgan fingerprint density at radius 2 is 1.86 bits per heavy atom. The molecule has 0 aliphatic carbocycles. The lowest BCUT2D eigenvalue weighted by Crippen LogP contribution is -2.37. The molecule has 3 heterocycles. The molecule has 0 bridgehead atoms. The molecule has 0 amide bonds. The standard InChI is InChI=1S/C13H17N3O2S3/c1-9-3-4-12(19-9)21(17,18)16-7-5-11(6-8-16)13-15-14-10(2)20-13/h3-4,11H,5-8H2,1-2H3. The van der Waals surface area contributed by atoms with E-state index in [1.807, 2.05) is 19.9 Å². The van der Waals surface area contributed by atoms with Gasteiger partial charge in [0.2, 0.25) is 0 Å². The zero-order chi connectivity index (χ0) is 15.0. The molecule has 0 radical (unpaired) electrons. The molecule has 0 saturated carbocycles. The van der Waals surface area contributed by atoms with E-state index in [1.165, 1.54) is 11.3 Å². The van der Waals surface area contributed by atoms with E-state index in [1.54, 1.807) is 21.7 Å². The summed E-state index contributed by atoms with van der Waals surface area (Å²) in [5.41, 5.74) is 0. The summed E-state index contributed by atoms with van der Waals surface area (Å²) in [7, 11) is -3.32. The van der Waals surface area contributed by atoms with Crippen LogP contribution in [-0.4, -0.2) is 36.0 Å². The van der Waals surface area contributed by atoms with E-state index in [-0.39, 0.29) is 0 Å². The predicted octanol–water partition coefficient (Wildman–Crippen LogP) is 2.78. The lowest BCUT2D eigenvalue weighted by atomic mass is 9.99. The molecule has 1 aliphatic heterocycles. The zero-order valence-electron chi connectivity index (χ0n) is 11.9. The van der Waals surface area contributed by atoms with Gasteiger partial charge in [-0.25, -0.2) is 8.42 Å². The second kappa shape index (κ2) is 5.75. The van der Waals surface area contributed by atoms with Crippen molar-refractivity contribution in [2.24, 2.45) is 0 Å². The molecule has 2 aromatic rings. The van der Waals surface area contributed by atoms with Crippen molar-refractivity contribution in [2.75, 3.05) is 13.1 Å². The first-order valence-corrected chi connectivity index (χ1v) is 9.91. The van der Waals surface area contributed by atoms with Gasteiger partial charge in [-0.1, -0.05) is 0 Å². The normalized spacial score (nSPS) is 18.2. The molecule has 21 heavy (non-hydrogen) atoms. The van der Waals surface area contributed by atoms with Gasteiger partial charge in [-0.05, 0) is 38.8 Å². The van der Waals surface area contributed by atoms with E-state index >= 15 is 0 Å². The van der Waals surface area contributed by atoms with Gasteiger partial charge in [-0.2, -0.15) is 4.31 Å². The highest BCUT2D eigenvalue weighted by atomic mass is 32.2. The molecule has 0 aromatic carbocycles. The van der Waals surface area contributed by atoms with E-state index in [9.17, 15) is 8.42 Å². The van der Waals surface area contributed by atoms with Gasteiger partial charge in [0.25, 0.3) is 10.0 Å². The summed E-state index contributed by atoms with van der Waals surface area (Å²) >= 11 is 2.95. The van der Waals surface area contributed by atoms with Crippen molar-refractivity contribution in [3.63, 3.8) is 0 Å². The maximum atomic E-state index is 12.6. The van der Waals surface area contributed by atoms with Gasteiger partial charge in [0.05, 0.1) is 0 Å². The molecular weight excluding hydrogens is 326 g/mol. The van der Waals surface area contributed by atoms with Crippen molar-refractivity contribution in [1.82, 2.24) is 14.5 Å². The van der Waals surface area contributed by atoms with E-state index in [4.69, 9.17) is 0 Å². The number of rotatable bonds is 3. The Morgan fingerprint density at radius 1 is 1.14 bits per heavy atom. The minimum atomic E-state index is -3.32. The topological polar surface area (TPSA) is 63.2 Å². The van der Waals surface area contributed by atoms with E-state index in [2.05, 4.69) is 10.2 Å². The quantitative estimate of drug-likeness (QED) is 0.860. The number of thiophene rings is 1. The van der Waals surface area contributed by atoms with Crippen molar-refractivity contribution >= 4 is 32.7 Å². The van der Waals surface area contributed by atoms with Crippen LogP contribution in [0.1, 0.15) is 33.7 Å². The largest absolute Gasteiger partial charge is 0.252 e. The second-order valence-electron chi connectivity index (χ2n) is 5.20. The average molecular weight is 343 g/mol. The highest BCUT2D eigenvalue weighted by molar-refractivity contribution is 7.91. The number of nitrogens with zero attached hydrogens (tertiary/aromatic N) is 3. The third-order valence-electron chi connectivity index (χ3n) is 3.65. The van der Waals surface area contributed by atoms with Gasteiger partial charge in [0.15, 0.2) is 0 Å². The van der Waals surface area contributed by atoms with E-state index in [0.29, 0.717) is 23.2 Å². The summed E-state index contributed by atoms with van der Waals surface area (Å²) in [6, 6.07) is 3.56. The smallest absolute Gasteiger partial charge is 0.206 e. The summed E-state index contributed by atoms with van der Waals surface area (Å²) in [6.07, 6.45) is 1.64. The van der Waals surface area contributed by atoms with E-state index in [0.717, 1.165) is 27.7 Å². The Balaban J connectivity index is 1.71. The number of aromatic nitrogens is 2. The highest BCUT2D eigenvalue weighted by Gasteiger charge is 2.31. The van der Waals surface area contributed by atoms with Crippen LogP contribution < -0.4 is 0 Å². The average Bonchev–Trinajstić information content (AvgIpc) is 3.08. The van der Waals surface area contributed by atoms with Crippen LogP contribution in [-0.2, 0) is 10.0 Å². The summed E-state index contributed by atoms with van der Waals surface area (Å²) < 4.78 is 27.2.